The van der Waals surface area contributed by atoms with Crippen LogP contribution in [-0.4, -0.2) is 42.4 Å². The maximum Gasteiger partial charge on any atom is 0.243 e. The zero-order valence-corrected chi connectivity index (χ0v) is 12.0. The molecule has 8 heteroatoms. The lowest BCUT2D eigenvalue weighted by molar-refractivity contribution is -0.131. The quantitative estimate of drug-likeness (QED) is 0.308. The van der Waals surface area contributed by atoms with Gasteiger partial charge >= 0.3 is 0 Å². The second-order valence-electron chi connectivity index (χ2n) is 4.77. The number of primary amides is 1. The third kappa shape index (κ3) is 7.05. The van der Waals surface area contributed by atoms with Gasteiger partial charge in [0.1, 0.15) is 12.1 Å². The average molecular weight is 287 g/mol. The summed E-state index contributed by atoms with van der Waals surface area (Å²) in [4.78, 5) is 34.5. The molecule has 0 saturated heterocycles. The standard InChI is InChI=1S/C12H25N5O3/c1-7(14)11(19)17-9(5-3-4-6-13)12(20)16-8(2)10(15)18/h7-9H,3-6,13-14H2,1-2H3,(H2,15,18)(H,16,20)(H,17,19)/t7-,8-,9-/m0/s1. The Morgan fingerprint density at radius 2 is 1.65 bits per heavy atom. The van der Waals surface area contributed by atoms with Crippen LogP contribution in [0.3, 0.4) is 0 Å². The maximum absolute atomic E-state index is 12.0. The van der Waals surface area contributed by atoms with E-state index in [-0.39, 0.29) is 0 Å². The molecule has 0 bridgehead atoms. The molecule has 0 radical (unpaired) electrons. The first kappa shape index (κ1) is 18.3. The second-order valence-corrected chi connectivity index (χ2v) is 4.77. The maximum atomic E-state index is 12.0. The molecule has 3 amide bonds. The first-order valence-corrected chi connectivity index (χ1v) is 6.65. The van der Waals surface area contributed by atoms with E-state index in [0.717, 1.165) is 6.42 Å². The molecule has 116 valence electrons. The molecule has 0 saturated carbocycles. The molecule has 0 aromatic carbocycles. The first-order chi connectivity index (χ1) is 9.29. The third-order valence-corrected chi connectivity index (χ3v) is 2.78. The highest BCUT2D eigenvalue weighted by molar-refractivity contribution is 5.92. The van der Waals surface area contributed by atoms with Gasteiger partial charge in [0.05, 0.1) is 6.04 Å². The van der Waals surface area contributed by atoms with Gasteiger partial charge in [-0.3, -0.25) is 14.4 Å². The van der Waals surface area contributed by atoms with Crippen molar-refractivity contribution in [2.75, 3.05) is 6.54 Å². The Bertz CT molecular complexity index is 346. The van der Waals surface area contributed by atoms with Crippen molar-refractivity contribution < 1.29 is 14.4 Å². The van der Waals surface area contributed by atoms with Crippen molar-refractivity contribution in [2.45, 2.75) is 51.2 Å². The molecule has 0 aromatic rings. The summed E-state index contributed by atoms with van der Waals surface area (Å²) in [6.45, 7) is 3.51. The van der Waals surface area contributed by atoms with Gasteiger partial charge in [-0.1, -0.05) is 0 Å². The van der Waals surface area contributed by atoms with Crippen molar-refractivity contribution >= 4 is 17.7 Å². The Labute approximate surface area is 118 Å². The van der Waals surface area contributed by atoms with Gasteiger partial charge < -0.3 is 27.8 Å². The molecule has 0 unspecified atom stereocenters. The van der Waals surface area contributed by atoms with Crippen LogP contribution in [0.5, 0.6) is 0 Å². The minimum absolute atomic E-state index is 0.424. The molecular formula is C12H25N5O3. The lowest BCUT2D eigenvalue weighted by Gasteiger charge is -2.21. The fourth-order valence-corrected chi connectivity index (χ4v) is 1.45. The summed E-state index contributed by atoms with van der Waals surface area (Å²) in [7, 11) is 0. The Balaban J connectivity index is 4.60. The number of amides is 3. The summed E-state index contributed by atoms with van der Waals surface area (Å²) < 4.78 is 0. The normalized spacial score (nSPS) is 15.0. The summed E-state index contributed by atoms with van der Waals surface area (Å²) in [6.07, 6.45) is 1.84. The zero-order chi connectivity index (χ0) is 15.7. The van der Waals surface area contributed by atoms with E-state index >= 15 is 0 Å². The molecule has 0 spiro atoms. The number of carbonyl (C=O) groups excluding carboxylic acids is 3. The topological polar surface area (TPSA) is 153 Å². The van der Waals surface area contributed by atoms with Gasteiger partial charge in [0, 0.05) is 0 Å². The van der Waals surface area contributed by atoms with Gasteiger partial charge in [0.15, 0.2) is 0 Å². The number of unbranched alkanes of at least 4 members (excludes halogenated alkanes) is 1. The van der Waals surface area contributed by atoms with E-state index in [4.69, 9.17) is 17.2 Å². The molecule has 0 aliphatic carbocycles. The van der Waals surface area contributed by atoms with Crippen LogP contribution in [0, 0.1) is 0 Å². The van der Waals surface area contributed by atoms with Crippen molar-refractivity contribution in [2.24, 2.45) is 17.2 Å². The van der Waals surface area contributed by atoms with E-state index in [1.165, 1.54) is 13.8 Å². The summed E-state index contributed by atoms with van der Waals surface area (Å²) in [5, 5.41) is 5.00. The number of hydrogen-bond acceptors (Lipinski definition) is 5. The van der Waals surface area contributed by atoms with E-state index < -0.39 is 35.8 Å². The van der Waals surface area contributed by atoms with Gasteiger partial charge in [0.2, 0.25) is 17.7 Å². The molecular weight excluding hydrogens is 262 g/mol. The first-order valence-electron chi connectivity index (χ1n) is 6.65. The van der Waals surface area contributed by atoms with Crippen molar-refractivity contribution in [1.29, 1.82) is 0 Å². The van der Waals surface area contributed by atoms with Gasteiger partial charge in [-0.25, -0.2) is 0 Å². The molecule has 0 aromatic heterocycles. The molecule has 0 aliphatic heterocycles. The molecule has 8 nitrogen and oxygen atoms in total. The number of nitrogens with one attached hydrogen (secondary N) is 2. The van der Waals surface area contributed by atoms with Crippen LogP contribution in [0.15, 0.2) is 0 Å². The zero-order valence-electron chi connectivity index (χ0n) is 12.0. The van der Waals surface area contributed by atoms with E-state index in [1.807, 2.05) is 0 Å². The smallest absolute Gasteiger partial charge is 0.243 e. The van der Waals surface area contributed by atoms with Crippen molar-refractivity contribution in [3.05, 3.63) is 0 Å². The number of carbonyl (C=O) groups is 3. The van der Waals surface area contributed by atoms with Gasteiger partial charge in [-0.15, -0.1) is 0 Å². The Kier molecular flexibility index (Phi) is 8.49. The SMILES string of the molecule is C[C@H](N)C(=O)N[C@@H](CCCCN)C(=O)N[C@@H](C)C(N)=O. The molecule has 0 fully saturated rings. The molecule has 0 rings (SSSR count). The highest BCUT2D eigenvalue weighted by atomic mass is 16.2. The summed E-state index contributed by atoms with van der Waals surface area (Å²) in [6, 6.07) is -2.26. The predicted octanol–water partition coefficient (Wildman–Crippen LogP) is -2.06. The molecule has 8 N–H and O–H groups in total. The van der Waals surface area contributed by atoms with Gasteiger partial charge in [-0.2, -0.15) is 0 Å². The van der Waals surface area contributed by atoms with Crippen molar-refractivity contribution in [1.82, 2.24) is 10.6 Å². The van der Waals surface area contributed by atoms with Crippen LogP contribution in [0.1, 0.15) is 33.1 Å². The summed E-state index contributed by atoms with van der Waals surface area (Å²) >= 11 is 0. The second kappa shape index (κ2) is 9.27. The van der Waals surface area contributed by atoms with Crippen LogP contribution in [-0.2, 0) is 14.4 Å². The van der Waals surface area contributed by atoms with Gasteiger partial charge in [-0.05, 0) is 39.7 Å². The van der Waals surface area contributed by atoms with Crippen LogP contribution in [0.2, 0.25) is 0 Å². The fraction of sp³-hybridized carbons (Fsp3) is 0.750. The number of hydrogen-bond donors (Lipinski definition) is 5. The van der Waals surface area contributed by atoms with E-state index in [2.05, 4.69) is 10.6 Å². The minimum Gasteiger partial charge on any atom is -0.368 e. The summed E-state index contributed by atoms with van der Waals surface area (Å²) in [5.41, 5.74) is 15.9. The monoisotopic (exact) mass is 287 g/mol. The fourth-order valence-electron chi connectivity index (χ4n) is 1.45. The largest absolute Gasteiger partial charge is 0.368 e. The van der Waals surface area contributed by atoms with E-state index in [0.29, 0.717) is 19.4 Å². The van der Waals surface area contributed by atoms with E-state index in [9.17, 15) is 14.4 Å². The molecule has 0 heterocycles. The average Bonchev–Trinajstić information content (AvgIpc) is 2.36. The van der Waals surface area contributed by atoms with Crippen molar-refractivity contribution in [3.8, 4) is 0 Å². The highest BCUT2D eigenvalue weighted by Gasteiger charge is 2.24. The van der Waals surface area contributed by atoms with Gasteiger partial charge in [0.25, 0.3) is 0 Å². The predicted molar refractivity (Wildman–Crippen MR) is 75.3 cm³/mol. The lowest BCUT2D eigenvalue weighted by Crippen LogP contribution is -2.54. The highest BCUT2D eigenvalue weighted by Crippen LogP contribution is 2.02. The van der Waals surface area contributed by atoms with Crippen LogP contribution >= 0.6 is 0 Å². The van der Waals surface area contributed by atoms with Crippen LogP contribution < -0.4 is 27.8 Å². The molecule has 20 heavy (non-hydrogen) atoms. The van der Waals surface area contributed by atoms with Crippen molar-refractivity contribution in [3.63, 3.8) is 0 Å². The molecule has 3 atom stereocenters. The lowest BCUT2D eigenvalue weighted by atomic mass is 10.1. The summed E-state index contributed by atoms with van der Waals surface area (Å²) in [5.74, 6) is -1.52. The van der Waals surface area contributed by atoms with E-state index in [1.54, 1.807) is 0 Å². The van der Waals surface area contributed by atoms with Crippen LogP contribution in [0.25, 0.3) is 0 Å². The third-order valence-electron chi connectivity index (χ3n) is 2.78. The number of nitrogens with two attached hydrogens (primary N) is 3. The number of rotatable bonds is 9. The Morgan fingerprint density at radius 3 is 2.10 bits per heavy atom. The Hall–Kier alpha value is -1.67. The minimum atomic E-state index is -0.799. The molecule has 0 aliphatic rings. The van der Waals surface area contributed by atoms with Crippen LogP contribution in [0.4, 0.5) is 0 Å². The Morgan fingerprint density at radius 1 is 1.05 bits per heavy atom.